The Morgan fingerprint density at radius 1 is 1.10 bits per heavy atom. The molecule has 0 bridgehead atoms. The molecule has 20 heavy (non-hydrogen) atoms. The van der Waals surface area contributed by atoms with Gasteiger partial charge in [-0.15, -0.1) is 0 Å². The van der Waals surface area contributed by atoms with Crippen LogP contribution in [0.2, 0.25) is 0 Å². The van der Waals surface area contributed by atoms with Crippen LogP contribution in [0.15, 0.2) is 0 Å². The Morgan fingerprint density at radius 2 is 1.75 bits per heavy atom. The van der Waals surface area contributed by atoms with Gasteiger partial charge in [-0.3, -0.25) is 4.90 Å². The van der Waals surface area contributed by atoms with E-state index in [1.807, 2.05) is 0 Å². The Balaban J connectivity index is 1.80. The molecule has 1 atom stereocenters. The van der Waals surface area contributed by atoms with Crippen LogP contribution < -0.4 is 5.32 Å². The van der Waals surface area contributed by atoms with E-state index in [2.05, 4.69) is 37.9 Å². The number of nitrogens with one attached hydrogen (secondary N) is 1. The lowest BCUT2D eigenvalue weighted by atomic mass is 9.76. The third-order valence-corrected chi connectivity index (χ3v) is 6.46. The second-order valence-electron chi connectivity index (χ2n) is 8.59. The van der Waals surface area contributed by atoms with Crippen molar-refractivity contribution >= 4 is 0 Å². The zero-order chi connectivity index (χ0) is 14.4. The molecule has 2 heteroatoms. The van der Waals surface area contributed by atoms with E-state index in [-0.39, 0.29) is 0 Å². The van der Waals surface area contributed by atoms with Gasteiger partial charge in [-0.1, -0.05) is 33.1 Å². The average molecular weight is 278 g/mol. The van der Waals surface area contributed by atoms with Crippen molar-refractivity contribution in [1.82, 2.24) is 10.2 Å². The van der Waals surface area contributed by atoms with Crippen molar-refractivity contribution in [2.24, 2.45) is 11.8 Å². The van der Waals surface area contributed by atoms with E-state index in [0.717, 1.165) is 17.9 Å². The number of hydrogen-bond acceptors (Lipinski definition) is 2. The van der Waals surface area contributed by atoms with Crippen molar-refractivity contribution in [2.75, 3.05) is 13.1 Å². The molecule has 0 aromatic carbocycles. The van der Waals surface area contributed by atoms with E-state index in [1.165, 1.54) is 58.0 Å². The van der Waals surface area contributed by atoms with Crippen LogP contribution >= 0.6 is 0 Å². The van der Waals surface area contributed by atoms with Crippen LogP contribution in [0.3, 0.4) is 0 Å². The van der Waals surface area contributed by atoms with Crippen molar-refractivity contribution in [1.29, 1.82) is 0 Å². The fourth-order valence-electron chi connectivity index (χ4n) is 4.74. The Morgan fingerprint density at radius 3 is 2.30 bits per heavy atom. The Kier molecular flexibility index (Phi) is 3.92. The summed E-state index contributed by atoms with van der Waals surface area (Å²) in [6, 6.07) is 0.721. The van der Waals surface area contributed by atoms with Crippen molar-refractivity contribution < 1.29 is 0 Å². The fourth-order valence-corrected chi connectivity index (χ4v) is 4.74. The molecule has 2 nitrogen and oxygen atoms in total. The summed E-state index contributed by atoms with van der Waals surface area (Å²) in [6.45, 7) is 12.3. The number of nitrogens with zero attached hydrogens (tertiary/aromatic N) is 1. The molecule has 1 saturated heterocycles. The largest absolute Gasteiger partial charge is 0.308 e. The van der Waals surface area contributed by atoms with Gasteiger partial charge >= 0.3 is 0 Å². The van der Waals surface area contributed by atoms with Gasteiger partial charge in [0, 0.05) is 30.2 Å². The highest BCUT2D eigenvalue weighted by Gasteiger charge is 2.50. The molecule has 2 saturated carbocycles. The monoisotopic (exact) mass is 278 g/mol. The van der Waals surface area contributed by atoms with Gasteiger partial charge in [0.25, 0.3) is 0 Å². The third kappa shape index (κ3) is 2.66. The zero-order valence-corrected chi connectivity index (χ0v) is 14.0. The van der Waals surface area contributed by atoms with Crippen LogP contribution in [0.1, 0.15) is 72.6 Å². The summed E-state index contributed by atoms with van der Waals surface area (Å²) in [5, 5.41) is 3.99. The van der Waals surface area contributed by atoms with Crippen LogP contribution in [-0.2, 0) is 0 Å². The molecular formula is C18H34N2. The minimum atomic E-state index is 0.404. The van der Waals surface area contributed by atoms with Gasteiger partial charge in [-0.2, -0.15) is 0 Å². The summed E-state index contributed by atoms with van der Waals surface area (Å²) in [6.07, 6.45) is 10.0. The smallest absolute Gasteiger partial charge is 0.0309 e. The molecule has 0 aromatic rings. The molecule has 0 radical (unpaired) electrons. The van der Waals surface area contributed by atoms with E-state index >= 15 is 0 Å². The van der Waals surface area contributed by atoms with Crippen LogP contribution in [0.4, 0.5) is 0 Å². The maximum atomic E-state index is 3.99. The van der Waals surface area contributed by atoms with E-state index in [1.54, 1.807) is 0 Å². The number of piperazine rings is 1. The lowest BCUT2D eigenvalue weighted by Crippen LogP contribution is -2.70. The zero-order valence-electron chi connectivity index (χ0n) is 14.0. The van der Waals surface area contributed by atoms with Gasteiger partial charge in [0.15, 0.2) is 0 Å². The molecule has 1 N–H and O–H groups in total. The summed E-state index contributed by atoms with van der Waals surface area (Å²) < 4.78 is 0. The van der Waals surface area contributed by atoms with Crippen molar-refractivity contribution in [2.45, 2.75) is 89.8 Å². The van der Waals surface area contributed by atoms with Crippen LogP contribution in [0, 0.1) is 11.8 Å². The molecule has 116 valence electrons. The van der Waals surface area contributed by atoms with Gasteiger partial charge in [0.2, 0.25) is 0 Å². The molecule has 2 aliphatic carbocycles. The van der Waals surface area contributed by atoms with E-state index in [9.17, 15) is 0 Å². The molecule has 1 heterocycles. The summed E-state index contributed by atoms with van der Waals surface area (Å²) in [5.41, 5.74) is 0.845. The Labute approximate surface area is 125 Å². The van der Waals surface area contributed by atoms with Crippen LogP contribution in [-0.4, -0.2) is 35.1 Å². The molecule has 3 fully saturated rings. The van der Waals surface area contributed by atoms with Crippen molar-refractivity contribution in [3.63, 3.8) is 0 Å². The summed E-state index contributed by atoms with van der Waals surface area (Å²) >= 11 is 0. The molecular weight excluding hydrogens is 244 g/mol. The van der Waals surface area contributed by atoms with Crippen molar-refractivity contribution in [3.8, 4) is 0 Å². The lowest BCUT2D eigenvalue weighted by Gasteiger charge is -2.56. The average Bonchev–Trinajstić information content (AvgIpc) is 3.24. The first kappa shape index (κ1) is 14.8. The van der Waals surface area contributed by atoms with E-state index < -0.39 is 0 Å². The van der Waals surface area contributed by atoms with Gasteiger partial charge in [0.05, 0.1) is 0 Å². The molecule has 0 amide bonds. The molecule has 3 rings (SSSR count). The Hall–Kier alpha value is -0.0800. The second kappa shape index (κ2) is 5.28. The maximum absolute atomic E-state index is 3.99. The first-order valence-electron chi connectivity index (χ1n) is 8.96. The third-order valence-electron chi connectivity index (χ3n) is 6.46. The number of hydrogen-bond donors (Lipinski definition) is 1. The highest BCUT2D eigenvalue weighted by molar-refractivity contribution is 5.07. The van der Waals surface area contributed by atoms with Crippen LogP contribution in [0.5, 0.6) is 0 Å². The minimum Gasteiger partial charge on any atom is -0.308 e. The minimum absolute atomic E-state index is 0.404. The molecule has 1 spiro atoms. The van der Waals surface area contributed by atoms with Crippen LogP contribution in [0.25, 0.3) is 0 Å². The number of rotatable bonds is 3. The van der Waals surface area contributed by atoms with Crippen molar-refractivity contribution in [3.05, 3.63) is 0 Å². The standard InChI is InChI=1S/C18H34N2/c1-14(2)16-12-19-18(10-6-5-7-11-18)13-20(16)17(3,4)15-8-9-15/h14-16,19H,5-13H2,1-4H3. The molecule has 1 aliphatic heterocycles. The first-order chi connectivity index (χ1) is 9.45. The lowest BCUT2D eigenvalue weighted by molar-refractivity contribution is -0.0375. The topological polar surface area (TPSA) is 15.3 Å². The summed E-state index contributed by atoms with van der Waals surface area (Å²) in [7, 11) is 0. The predicted octanol–water partition coefficient (Wildman–Crippen LogP) is 3.81. The molecule has 1 unspecified atom stereocenters. The Bertz CT molecular complexity index is 337. The fraction of sp³-hybridized carbons (Fsp3) is 1.00. The predicted molar refractivity (Wildman–Crippen MR) is 86.0 cm³/mol. The normalized spacial score (nSPS) is 31.9. The van der Waals surface area contributed by atoms with E-state index in [0.29, 0.717) is 11.1 Å². The van der Waals surface area contributed by atoms with Gasteiger partial charge in [-0.25, -0.2) is 0 Å². The SMILES string of the molecule is CC(C)C1CNC2(CCCCC2)CN1C(C)(C)C1CC1. The van der Waals surface area contributed by atoms with Gasteiger partial charge in [0.1, 0.15) is 0 Å². The van der Waals surface area contributed by atoms with E-state index in [4.69, 9.17) is 0 Å². The highest BCUT2D eigenvalue weighted by Crippen LogP contribution is 2.46. The second-order valence-corrected chi connectivity index (χ2v) is 8.59. The van der Waals surface area contributed by atoms with Gasteiger partial charge in [-0.05, 0) is 51.4 Å². The first-order valence-corrected chi connectivity index (χ1v) is 8.96. The molecule has 0 aromatic heterocycles. The quantitative estimate of drug-likeness (QED) is 0.844. The highest BCUT2D eigenvalue weighted by atomic mass is 15.3. The molecule has 3 aliphatic rings. The summed E-state index contributed by atoms with van der Waals surface area (Å²) in [5.74, 6) is 1.70. The summed E-state index contributed by atoms with van der Waals surface area (Å²) in [4.78, 5) is 2.91. The van der Waals surface area contributed by atoms with Gasteiger partial charge < -0.3 is 5.32 Å². The maximum Gasteiger partial charge on any atom is 0.0309 e.